The topological polar surface area (TPSA) is 64.4 Å². The molecule has 5 heteroatoms. The number of hydrogen-bond acceptors (Lipinski definition) is 3. The Morgan fingerprint density at radius 1 is 0.968 bits per heavy atom. The number of carbonyl (C=O) groups is 1. The Labute approximate surface area is 181 Å². The average Bonchev–Trinajstić information content (AvgIpc) is 3.23. The molecule has 5 nitrogen and oxygen atoms in total. The summed E-state index contributed by atoms with van der Waals surface area (Å²) >= 11 is 0. The van der Waals surface area contributed by atoms with Crippen molar-refractivity contribution in [1.82, 2.24) is 9.78 Å². The van der Waals surface area contributed by atoms with Crippen molar-refractivity contribution in [1.29, 1.82) is 0 Å². The van der Waals surface area contributed by atoms with E-state index in [4.69, 9.17) is 14.9 Å². The van der Waals surface area contributed by atoms with E-state index in [9.17, 15) is 4.79 Å². The minimum atomic E-state index is -0.818. The standard InChI is InChI=1S/C26H24N2O3/c1-19-13-15-21(16-14-19)28-24(20-8-3-2-4-9-20)18-23(27-28)22-10-5-6-11-25(22)31-17-7-12-26(29)30/h2-6,8-11,13-16,18H,7,12,17H2,1H3,(H,29,30). The number of aliphatic carboxylic acids is 1. The highest BCUT2D eigenvalue weighted by atomic mass is 16.5. The van der Waals surface area contributed by atoms with Crippen LogP contribution in [0.25, 0.3) is 28.2 Å². The fourth-order valence-corrected chi connectivity index (χ4v) is 3.42. The molecule has 0 unspecified atom stereocenters. The van der Waals surface area contributed by atoms with E-state index >= 15 is 0 Å². The summed E-state index contributed by atoms with van der Waals surface area (Å²) in [5.74, 6) is -0.123. The van der Waals surface area contributed by atoms with Crippen LogP contribution < -0.4 is 4.74 Å². The summed E-state index contributed by atoms with van der Waals surface area (Å²) in [4.78, 5) is 10.8. The Morgan fingerprint density at radius 2 is 1.68 bits per heavy atom. The fraction of sp³-hybridized carbons (Fsp3) is 0.154. The quantitative estimate of drug-likeness (QED) is 0.374. The van der Waals surface area contributed by atoms with Crippen molar-refractivity contribution in [2.75, 3.05) is 6.61 Å². The molecule has 0 saturated carbocycles. The molecule has 1 N–H and O–H groups in total. The van der Waals surface area contributed by atoms with E-state index in [-0.39, 0.29) is 6.42 Å². The SMILES string of the molecule is Cc1ccc(-n2nc(-c3ccccc3OCCCC(=O)O)cc2-c2ccccc2)cc1. The number of nitrogens with zero attached hydrogens (tertiary/aromatic N) is 2. The Hall–Kier alpha value is -3.86. The second kappa shape index (κ2) is 9.30. The van der Waals surface area contributed by atoms with Crippen molar-refractivity contribution in [3.05, 3.63) is 90.5 Å². The molecule has 0 atom stereocenters. The maximum Gasteiger partial charge on any atom is 0.303 e. The first-order chi connectivity index (χ1) is 15.1. The predicted octanol–water partition coefficient (Wildman–Crippen LogP) is 5.76. The molecule has 31 heavy (non-hydrogen) atoms. The Balaban J connectivity index is 1.73. The number of carboxylic acid groups (broad SMARTS) is 1. The van der Waals surface area contributed by atoms with Gasteiger partial charge in [0.2, 0.25) is 0 Å². The first-order valence-corrected chi connectivity index (χ1v) is 10.3. The van der Waals surface area contributed by atoms with E-state index in [0.717, 1.165) is 28.2 Å². The number of aryl methyl sites for hydroxylation is 1. The molecule has 0 aliphatic carbocycles. The zero-order valence-corrected chi connectivity index (χ0v) is 17.4. The number of ether oxygens (including phenoxy) is 1. The van der Waals surface area contributed by atoms with Crippen molar-refractivity contribution in [3.8, 4) is 34.0 Å². The number of rotatable bonds is 8. The molecule has 4 rings (SSSR count). The third-order valence-corrected chi connectivity index (χ3v) is 5.01. The lowest BCUT2D eigenvalue weighted by molar-refractivity contribution is -0.137. The molecule has 0 spiro atoms. The van der Waals surface area contributed by atoms with Gasteiger partial charge in [-0.25, -0.2) is 4.68 Å². The van der Waals surface area contributed by atoms with Crippen LogP contribution >= 0.6 is 0 Å². The second-order valence-corrected chi connectivity index (χ2v) is 7.37. The lowest BCUT2D eigenvalue weighted by atomic mass is 10.1. The Kier molecular flexibility index (Phi) is 6.13. The minimum absolute atomic E-state index is 0.0857. The van der Waals surface area contributed by atoms with Crippen molar-refractivity contribution < 1.29 is 14.6 Å². The van der Waals surface area contributed by atoms with E-state index in [2.05, 4.69) is 49.4 Å². The summed E-state index contributed by atoms with van der Waals surface area (Å²) in [5, 5.41) is 13.8. The minimum Gasteiger partial charge on any atom is -0.493 e. The normalized spacial score (nSPS) is 10.7. The summed E-state index contributed by atoms with van der Waals surface area (Å²) in [5.41, 5.74) is 5.91. The molecule has 0 bridgehead atoms. The van der Waals surface area contributed by atoms with Gasteiger partial charge in [-0.05, 0) is 43.7 Å². The summed E-state index contributed by atoms with van der Waals surface area (Å²) in [6.07, 6.45) is 0.541. The molecule has 0 fully saturated rings. The van der Waals surface area contributed by atoms with E-state index in [1.807, 2.05) is 47.1 Å². The van der Waals surface area contributed by atoms with Crippen LogP contribution in [0.5, 0.6) is 5.75 Å². The van der Waals surface area contributed by atoms with Gasteiger partial charge in [0.15, 0.2) is 0 Å². The van der Waals surface area contributed by atoms with Gasteiger partial charge in [-0.2, -0.15) is 5.10 Å². The zero-order chi connectivity index (χ0) is 21.6. The molecule has 1 aromatic heterocycles. The molecular weight excluding hydrogens is 388 g/mol. The van der Waals surface area contributed by atoms with Gasteiger partial charge in [-0.15, -0.1) is 0 Å². The molecule has 1 heterocycles. The van der Waals surface area contributed by atoms with E-state index in [1.54, 1.807) is 0 Å². The molecule has 156 valence electrons. The Bertz CT molecular complexity index is 1160. The number of carboxylic acids is 1. The smallest absolute Gasteiger partial charge is 0.303 e. The lowest BCUT2D eigenvalue weighted by Gasteiger charge is -2.09. The lowest BCUT2D eigenvalue weighted by Crippen LogP contribution is -2.03. The van der Waals surface area contributed by atoms with Crippen LogP contribution in [0.15, 0.2) is 84.9 Å². The Morgan fingerprint density at radius 3 is 2.42 bits per heavy atom. The van der Waals surface area contributed by atoms with Gasteiger partial charge < -0.3 is 9.84 Å². The summed E-state index contributed by atoms with van der Waals surface area (Å²) < 4.78 is 7.86. The van der Waals surface area contributed by atoms with Crippen LogP contribution in [-0.2, 0) is 4.79 Å². The van der Waals surface area contributed by atoms with Crippen LogP contribution in [0.3, 0.4) is 0 Å². The molecular formula is C26H24N2O3. The maximum atomic E-state index is 10.8. The highest BCUT2D eigenvalue weighted by Crippen LogP contribution is 2.33. The number of para-hydroxylation sites is 1. The van der Waals surface area contributed by atoms with Gasteiger partial charge in [-0.3, -0.25) is 4.79 Å². The van der Waals surface area contributed by atoms with Crippen molar-refractivity contribution in [3.63, 3.8) is 0 Å². The van der Waals surface area contributed by atoms with Gasteiger partial charge in [-0.1, -0.05) is 60.2 Å². The number of hydrogen-bond donors (Lipinski definition) is 1. The monoisotopic (exact) mass is 412 g/mol. The number of benzene rings is 3. The largest absolute Gasteiger partial charge is 0.493 e. The zero-order valence-electron chi connectivity index (χ0n) is 17.4. The maximum absolute atomic E-state index is 10.8. The van der Waals surface area contributed by atoms with Gasteiger partial charge in [0.25, 0.3) is 0 Å². The predicted molar refractivity (Wildman–Crippen MR) is 122 cm³/mol. The third kappa shape index (κ3) is 4.83. The molecule has 3 aromatic carbocycles. The molecule has 0 saturated heterocycles. The van der Waals surface area contributed by atoms with Crippen molar-refractivity contribution in [2.24, 2.45) is 0 Å². The van der Waals surface area contributed by atoms with Gasteiger partial charge in [0.05, 0.1) is 23.7 Å². The van der Waals surface area contributed by atoms with Gasteiger partial charge >= 0.3 is 5.97 Å². The van der Waals surface area contributed by atoms with Crippen molar-refractivity contribution in [2.45, 2.75) is 19.8 Å². The second-order valence-electron chi connectivity index (χ2n) is 7.37. The number of aromatic nitrogens is 2. The summed E-state index contributed by atoms with van der Waals surface area (Å²) in [6, 6.07) is 28.2. The van der Waals surface area contributed by atoms with E-state index in [1.165, 1.54) is 5.56 Å². The fourth-order valence-electron chi connectivity index (χ4n) is 3.42. The summed E-state index contributed by atoms with van der Waals surface area (Å²) in [6.45, 7) is 2.40. The highest BCUT2D eigenvalue weighted by Gasteiger charge is 2.16. The van der Waals surface area contributed by atoms with E-state index in [0.29, 0.717) is 18.8 Å². The molecule has 4 aromatic rings. The van der Waals surface area contributed by atoms with E-state index < -0.39 is 5.97 Å². The van der Waals surface area contributed by atoms with Gasteiger partial charge in [0.1, 0.15) is 5.75 Å². The van der Waals surface area contributed by atoms with Crippen LogP contribution in [0.4, 0.5) is 0 Å². The van der Waals surface area contributed by atoms with Crippen molar-refractivity contribution >= 4 is 5.97 Å². The van der Waals surface area contributed by atoms with Crippen LogP contribution in [0, 0.1) is 6.92 Å². The summed E-state index contributed by atoms with van der Waals surface area (Å²) in [7, 11) is 0. The van der Waals surface area contributed by atoms with Crippen LogP contribution in [0.1, 0.15) is 18.4 Å². The van der Waals surface area contributed by atoms with Crippen LogP contribution in [-0.4, -0.2) is 27.5 Å². The van der Waals surface area contributed by atoms with Crippen LogP contribution in [0.2, 0.25) is 0 Å². The average molecular weight is 412 g/mol. The molecule has 0 amide bonds. The molecule has 0 radical (unpaired) electrons. The highest BCUT2D eigenvalue weighted by molar-refractivity contribution is 5.74. The van der Waals surface area contributed by atoms with Gasteiger partial charge in [0, 0.05) is 17.5 Å². The molecule has 0 aliphatic heterocycles. The first-order valence-electron chi connectivity index (χ1n) is 10.3. The third-order valence-electron chi connectivity index (χ3n) is 5.01. The molecule has 0 aliphatic rings. The first kappa shape index (κ1) is 20.4.